The summed E-state index contributed by atoms with van der Waals surface area (Å²) in [6, 6.07) is 7.04. The topological polar surface area (TPSA) is 55.4 Å². The largest absolute Gasteiger partial charge is 0.446 e. The highest BCUT2D eigenvalue weighted by molar-refractivity contribution is 5.93. The Balaban J connectivity index is 2.77. The molecule has 20 heavy (non-hydrogen) atoms. The van der Waals surface area contributed by atoms with Crippen molar-refractivity contribution < 1.29 is 14.3 Å². The van der Waals surface area contributed by atoms with Crippen molar-refractivity contribution in [1.29, 1.82) is 0 Å². The van der Waals surface area contributed by atoms with E-state index in [1.807, 2.05) is 39.8 Å². The van der Waals surface area contributed by atoms with Gasteiger partial charge in [0.05, 0.1) is 5.56 Å². The fraction of sp³-hybridized carbons (Fsp3) is 0.500. The molecule has 0 saturated heterocycles. The van der Waals surface area contributed by atoms with E-state index in [1.165, 1.54) is 0 Å². The number of carbonyl (C=O) groups excluding carboxylic acids is 2. The standard InChI is InChI=1S/C16H23NO3/c1-11-7-9-12(10-8-11)13(18)20-16(5,6)14(19)17-15(2,3)4/h7-10H,1-6H3,(H,17,19). The van der Waals surface area contributed by atoms with Gasteiger partial charge in [0.25, 0.3) is 5.91 Å². The van der Waals surface area contributed by atoms with Crippen LogP contribution in [0.2, 0.25) is 0 Å². The molecule has 1 aromatic carbocycles. The number of benzene rings is 1. The van der Waals surface area contributed by atoms with Crippen molar-refractivity contribution in [2.24, 2.45) is 0 Å². The molecule has 4 heteroatoms. The van der Waals surface area contributed by atoms with Gasteiger partial charge in [-0.25, -0.2) is 4.79 Å². The third-order valence-corrected chi connectivity index (χ3v) is 2.67. The highest BCUT2D eigenvalue weighted by atomic mass is 16.6. The van der Waals surface area contributed by atoms with Gasteiger partial charge in [0.15, 0.2) is 5.60 Å². The Morgan fingerprint density at radius 1 is 1.00 bits per heavy atom. The number of carbonyl (C=O) groups is 2. The first-order valence-corrected chi connectivity index (χ1v) is 6.64. The zero-order chi connectivity index (χ0) is 15.6. The molecule has 1 aromatic rings. The van der Waals surface area contributed by atoms with Gasteiger partial charge in [-0.2, -0.15) is 0 Å². The van der Waals surface area contributed by atoms with Crippen molar-refractivity contribution in [3.63, 3.8) is 0 Å². The maximum atomic E-state index is 12.1. The zero-order valence-electron chi connectivity index (χ0n) is 13.0. The van der Waals surface area contributed by atoms with Crippen molar-refractivity contribution in [1.82, 2.24) is 5.32 Å². The molecule has 0 fully saturated rings. The van der Waals surface area contributed by atoms with E-state index in [1.54, 1.807) is 26.0 Å². The molecule has 1 amide bonds. The lowest BCUT2D eigenvalue weighted by Crippen LogP contribution is -2.52. The predicted octanol–water partition coefficient (Wildman–Crippen LogP) is 2.85. The van der Waals surface area contributed by atoms with Gasteiger partial charge in [-0.1, -0.05) is 17.7 Å². The third-order valence-electron chi connectivity index (χ3n) is 2.67. The third kappa shape index (κ3) is 4.68. The molecule has 0 aromatic heterocycles. The quantitative estimate of drug-likeness (QED) is 0.864. The average molecular weight is 277 g/mol. The number of amides is 1. The maximum Gasteiger partial charge on any atom is 0.339 e. The Kier molecular flexibility index (Phi) is 4.58. The fourth-order valence-corrected chi connectivity index (χ4v) is 1.52. The molecule has 0 bridgehead atoms. The van der Waals surface area contributed by atoms with Crippen LogP contribution in [-0.2, 0) is 9.53 Å². The summed E-state index contributed by atoms with van der Waals surface area (Å²) in [5.41, 5.74) is -0.0848. The fourth-order valence-electron chi connectivity index (χ4n) is 1.52. The Hall–Kier alpha value is -1.84. The lowest BCUT2D eigenvalue weighted by Gasteiger charge is -2.29. The molecule has 0 heterocycles. The van der Waals surface area contributed by atoms with Gasteiger partial charge in [0.1, 0.15) is 0 Å². The van der Waals surface area contributed by atoms with Crippen LogP contribution in [0.5, 0.6) is 0 Å². The van der Waals surface area contributed by atoms with E-state index in [0.717, 1.165) is 5.56 Å². The monoisotopic (exact) mass is 277 g/mol. The van der Waals surface area contributed by atoms with Crippen LogP contribution in [0.25, 0.3) is 0 Å². The molecule has 0 atom stereocenters. The molecule has 4 nitrogen and oxygen atoms in total. The first-order chi connectivity index (χ1) is 9.01. The van der Waals surface area contributed by atoms with Crippen molar-refractivity contribution >= 4 is 11.9 Å². The lowest BCUT2D eigenvalue weighted by molar-refractivity contribution is -0.139. The van der Waals surface area contributed by atoms with Gasteiger partial charge in [0, 0.05) is 5.54 Å². The van der Waals surface area contributed by atoms with Crippen LogP contribution in [0, 0.1) is 6.92 Å². The molecule has 0 saturated carbocycles. The van der Waals surface area contributed by atoms with Gasteiger partial charge in [-0.15, -0.1) is 0 Å². The van der Waals surface area contributed by atoms with Crippen molar-refractivity contribution in [3.8, 4) is 0 Å². The predicted molar refractivity (Wildman–Crippen MR) is 78.6 cm³/mol. The summed E-state index contributed by atoms with van der Waals surface area (Å²) >= 11 is 0. The lowest BCUT2D eigenvalue weighted by atomic mass is 10.0. The molecule has 0 unspecified atom stereocenters. The molecule has 0 radical (unpaired) electrons. The highest BCUT2D eigenvalue weighted by Crippen LogP contribution is 2.15. The minimum atomic E-state index is -1.21. The Morgan fingerprint density at radius 3 is 1.95 bits per heavy atom. The molecular formula is C16H23NO3. The number of esters is 1. The molecular weight excluding hydrogens is 254 g/mol. The summed E-state index contributed by atoms with van der Waals surface area (Å²) in [5, 5.41) is 2.81. The van der Waals surface area contributed by atoms with E-state index < -0.39 is 11.6 Å². The van der Waals surface area contributed by atoms with E-state index in [9.17, 15) is 9.59 Å². The second-order valence-electron chi connectivity index (χ2n) is 6.47. The van der Waals surface area contributed by atoms with E-state index in [0.29, 0.717) is 5.56 Å². The van der Waals surface area contributed by atoms with Gasteiger partial charge in [-0.05, 0) is 53.7 Å². The van der Waals surface area contributed by atoms with E-state index in [4.69, 9.17) is 4.74 Å². The number of ether oxygens (including phenoxy) is 1. The molecule has 1 rings (SSSR count). The van der Waals surface area contributed by atoms with Crippen molar-refractivity contribution in [2.45, 2.75) is 52.7 Å². The average Bonchev–Trinajstić information content (AvgIpc) is 2.26. The van der Waals surface area contributed by atoms with E-state index >= 15 is 0 Å². The molecule has 0 aliphatic carbocycles. The molecule has 0 spiro atoms. The van der Waals surface area contributed by atoms with Gasteiger partial charge >= 0.3 is 5.97 Å². The number of hydrogen-bond donors (Lipinski definition) is 1. The first kappa shape index (κ1) is 16.2. The number of nitrogens with one attached hydrogen (secondary N) is 1. The SMILES string of the molecule is Cc1ccc(C(=O)OC(C)(C)C(=O)NC(C)(C)C)cc1. The smallest absolute Gasteiger partial charge is 0.339 e. The zero-order valence-corrected chi connectivity index (χ0v) is 13.0. The second kappa shape index (κ2) is 5.65. The molecule has 1 N–H and O–H groups in total. The normalized spacial score (nSPS) is 11.9. The van der Waals surface area contributed by atoms with Crippen molar-refractivity contribution in [3.05, 3.63) is 35.4 Å². The summed E-state index contributed by atoms with van der Waals surface area (Å²) in [6.45, 7) is 10.7. The molecule has 110 valence electrons. The van der Waals surface area contributed by atoms with Crippen molar-refractivity contribution in [2.75, 3.05) is 0 Å². The summed E-state index contributed by atoms with van der Waals surface area (Å²) in [4.78, 5) is 24.2. The first-order valence-electron chi connectivity index (χ1n) is 6.64. The van der Waals surface area contributed by atoms with Crippen LogP contribution >= 0.6 is 0 Å². The van der Waals surface area contributed by atoms with E-state index in [-0.39, 0.29) is 11.4 Å². The summed E-state index contributed by atoms with van der Waals surface area (Å²) < 4.78 is 5.32. The minimum Gasteiger partial charge on any atom is -0.446 e. The number of aryl methyl sites for hydroxylation is 1. The summed E-state index contributed by atoms with van der Waals surface area (Å²) in [5.74, 6) is -0.815. The second-order valence-corrected chi connectivity index (χ2v) is 6.47. The Morgan fingerprint density at radius 2 is 1.50 bits per heavy atom. The summed E-state index contributed by atoms with van der Waals surface area (Å²) in [7, 11) is 0. The highest BCUT2D eigenvalue weighted by Gasteiger charge is 2.34. The van der Waals surface area contributed by atoms with Gasteiger partial charge < -0.3 is 10.1 Å². The van der Waals surface area contributed by atoms with Crippen LogP contribution in [0.1, 0.15) is 50.5 Å². The Labute approximate surface area is 120 Å². The van der Waals surface area contributed by atoms with Crippen LogP contribution in [0.15, 0.2) is 24.3 Å². The minimum absolute atomic E-state index is 0.314. The number of rotatable bonds is 3. The van der Waals surface area contributed by atoms with E-state index in [2.05, 4.69) is 5.32 Å². The molecule has 0 aliphatic rings. The maximum absolute atomic E-state index is 12.1. The van der Waals surface area contributed by atoms with Gasteiger partial charge in [-0.3, -0.25) is 4.79 Å². The van der Waals surface area contributed by atoms with Crippen LogP contribution < -0.4 is 5.32 Å². The van der Waals surface area contributed by atoms with Crippen LogP contribution in [0.4, 0.5) is 0 Å². The van der Waals surface area contributed by atoms with Crippen LogP contribution in [-0.4, -0.2) is 23.0 Å². The molecule has 0 aliphatic heterocycles. The van der Waals surface area contributed by atoms with Crippen LogP contribution in [0.3, 0.4) is 0 Å². The Bertz CT molecular complexity index is 495. The number of hydrogen-bond acceptors (Lipinski definition) is 3. The van der Waals surface area contributed by atoms with Gasteiger partial charge in [0.2, 0.25) is 0 Å². The summed E-state index contributed by atoms with van der Waals surface area (Å²) in [6.07, 6.45) is 0.